The maximum absolute atomic E-state index is 12.7. The average molecular weight is 403 g/mol. The number of urea groups is 1. The van der Waals surface area contributed by atoms with Crippen molar-refractivity contribution in [3.63, 3.8) is 0 Å². The minimum atomic E-state index is -0.966. The number of primary amides is 1. The van der Waals surface area contributed by atoms with Gasteiger partial charge in [0.2, 0.25) is 17.7 Å². The molecule has 0 aliphatic carbocycles. The molecule has 148 valence electrons. The lowest BCUT2D eigenvalue weighted by molar-refractivity contribution is -0.135. The molecule has 9 nitrogen and oxygen atoms in total. The van der Waals surface area contributed by atoms with E-state index in [9.17, 15) is 19.2 Å². The molecule has 3 rings (SSSR count). The van der Waals surface area contributed by atoms with Crippen LogP contribution in [0.15, 0.2) is 41.8 Å². The summed E-state index contributed by atoms with van der Waals surface area (Å²) < 4.78 is 0. The molecule has 28 heavy (non-hydrogen) atoms. The lowest BCUT2D eigenvalue weighted by Gasteiger charge is -2.30. The first kappa shape index (κ1) is 19.7. The fraction of sp³-hybridized carbons (Fsp3) is 0.333. The quantitative estimate of drug-likeness (QED) is 0.403. The van der Waals surface area contributed by atoms with Gasteiger partial charge in [-0.3, -0.25) is 14.4 Å². The first-order valence-electron chi connectivity index (χ1n) is 8.71. The summed E-state index contributed by atoms with van der Waals surface area (Å²) in [4.78, 5) is 47.3. The van der Waals surface area contributed by atoms with Gasteiger partial charge < -0.3 is 27.0 Å². The third kappa shape index (κ3) is 4.63. The Morgan fingerprint density at radius 1 is 1.29 bits per heavy atom. The van der Waals surface area contributed by atoms with E-state index in [2.05, 4.69) is 21.3 Å². The molecule has 0 bridgehead atoms. The first-order valence-corrected chi connectivity index (χ1v) is 9.59. The van der Waals surface area contributed by atoms with E-state index in [1.807, 2.05) is 6.08 Å². The normalized spacial score (nSPS) is 23.9. The lowest BCUT2D eigenvalue weighted by atomic mass is 10.0. The predicted molar refractivity (Wildman–Crippen MR) is 104 cm³/mol. The second kappa shape index (κ2) is 8.34. The topological polar surface area (TPSA) is 142 Å². The molecule has 10 heteroatoms. The van der Waals surface area contributed by atoms with Crippen LogP contribution in [0.4, 0.5) is 4.79 Å². The summed E-state index contributed by atoms with van der Waals surface area (Å²) in [6.45, 7) is 0.355. The van der Waals surface area contributed by atoms with Crippen LogP contribution in [0.25, 0.3) is 0 Å². The van der Waals surface area contributed by atoms with E-state index in [4.69, 9.17) is 5.73 Å². The monoisotopic (exact) mass is 403 g/mol. The summed E-state index contributed by atoms with van der Waals surface area (Å²) in [7, 11) is 0. The van der Waals surface area contributed by atoms with Crippen LogP contribution in [-0.2, 0) is 14.4 Å². The van der Waals surface area contributed by atoms with E-state index < -0.39 is 34.8 Å². The molecule has 0 radical (unpaired) electrons. The molecule has 2 aliphatic rings. The van der Waals surface area contributed by atoms with Crippen LogP contribution in [0.1, 0.15) is 24.4 Å². The van der Waals surface area contributed by atoms with Crippen LogP contribution < -0.4 is 27.0 Å². The number of amides is 5. The minimum absolute atomic E-state index is 0.0614. The molecule has 5 amide bonds. The Morgan fingerprint density at radius 3 is 2.57 bits per heavy atom. The largest absolute Gasteiger partial charge is 0.352 e. The second-order valence-corrected chi connectivity index (χ2v) is 7.86. The van der Waals surface area contributed by atoms with Gasteiger partial charge in [-0.25, -0.2) is 4.79 Å². The van der Waals surface area contributed by atoms with Crippen molar-refractivity contribution in [2.24, 2.45) is 5.73 Å². The SMILES string of the molecule is NC(=O)NC1(CC(=O)N[C@@H](C(=O)NC2CNC2=O)c2ccccc2)CC=CS1. The Balaban J connectivity index is 1.71. The third-order valence-corrected chi connectivity index (χ3v) is 5.64. The number of carbonyl (C=O) groups is 4. The fourth-order valence-corrected chi connectivity index (χ4v) is 4.02. The van der Waals surface area contributed by atoms with Gasteiger partial charge in [0, 0.05) is 6.54 Å². The maximum Gasteiger partial charge on any atom is 0.313 e. The summed E-state index contributed by atoms with van der Waals surface area (Å²) in [5.41, 5.74) is 5.82. The number of nitrogens with one attached hydrogen (secondary N) is 4. The molecule has 0 aromatic heterocycles. The highest BCUT2D eigenvalue weighted by Gasteiger charge is 2.37. The Labute approximate surface area is 165 Å². The van der Waals surface area contributed by atoms with Crippen LogP contribution in [-0.4, -0.2) is 41.2 Å². The van der Waals surface area contributed by atoms with Gasteiger partial charge in [-0.05, 0) is 17.4 Å². The predicted octanol–water partition coefficient (Wildman–Crippen LogP) is -0.136. The molecule has 2 unspecified atom stereocenters. The lowest BCUT2D eigenvalue weighted by Crippen LogP contribution is -2.63. The highest BCUT2D eigenvalue weighted by molar-refractivity contribution is 8.03. The summed E-state index contributed by atoms with van der Waals surface area (Å²) in [5.74, 6) is -1.16. The van der Waals surface area contributed by atoms with E-state index in [-0.39, 0.29) is 12.3 Å². The van der Waals surface area contributed by atoms with Gasteiger partial charge in [0.25, 0.3) is 0 Å². The van der Waals surface area contributed by atoms with Gasteiger partial charge in [0.15, 0.2) is 0 Å². The van der Waals surface area contributed by atoms with Crippen molar-refractivity contribution < 1.29 is 19.2 Å². The average Bonchev–Trinajstić information content (AvgIpc) is 3.10. The van der Waals surface area contributed by atoms with Crippen LogP contribution in [0.2, 0.25) is 0 Å². The molecule has 1 aromatic carbocycles. The van der Waals surface area contributed by atoms with Crippen LogP contribution in [0.3, 0.4) is 0 Å². The van der Waals surface area contributed by atoms with Gasteiger partial charge in [0.05, 0.1) is 6.42 Å². The van der Waals surface area contributed by atoms with Crippen molar-refractivity contribution in [1.82, 2.24) is 21.3 Å². The Morgan fingerprint density at radius 2 is 2.04 bits per heavy atom. The van der Waals surface area contributed by atoms with E-state index >= 15 is 0 Å². The van der Waals surface area contributed by atoms with E-state index in [0.717, 1.165) is 0 Å². The number of hydrogen-bond donors (Lipinski definition) is 5. The number of rotatable bonds is 7. The zero-order valence-electron chi connectivity index (χ0n) is 14.9. The molecule has 2 aliphatic heterocycles. The maximum atomic E-state index is 12.7. The van der Waals surface area contributed by atoms with Crippen molar-refractivity contribution in [3.8, 4) is 0 Å². The molecular weight excluding hydrogens is 382 g/mol. The van der Waals surface area contributed by atoms with Crippen molar-refractivity contribution in [2.75, 3.05) is 6.54 Å². The number of benzene rings is 1. The minimum Gasteiger partial charge on any atom is -0.352 e. The van der Waals surface area contributed by atoms with Crippen molar-refractivity contribution in [2.45, 2.75) is 29.8 Å². The molecule has 1 aromatic rings. The highest BCUT2D eigenvalue weighted by atomic mass is 32.2. The molecular formula is C18H21N5O4S. The van der Waals surface area contributed by atoms with Gasteiger partial charge in [-0.2, -0.15) is 0 Å². The summed E-state index contributed by atoms with van der Waals surface area (Å²) in [6.07, 6.45) is 2.22. The van der Waals surface area contributed by atoms with Gasteiger partial charge in [0.1, 0.15) is 17.0 Å². The van der Waals surface area contributed by atoms with Gasteiger partial charge in [-0.1, -0.05) is 36.4 Å². The van der Waals surface area contributed by atoms with Crippen LogP contribution in [0, 0.1) is 0 Å². The van der Waals surface area contributed by atoms with Crippen LogP contribution in [0.5, 0.6) is 0 Å². The van der Waals surface area contributed by atoms with E-state index in [0.29, 0.717) is 18.5 Å². The number of nitrogens with two attached hydrogens (primary N) is 1. The van der Waals surface area contributed by atoms with Gasteiger partial charge in [-0.15, -0.1) is 11.8 Å². The standard InChI is InChI=1S/C18H21N5O4S/c19-17(27)23-18(7-4-8-28-18)9-13(24)22-14(11-5-2-1-3-6-11)16(26)21-12-10-20-15(12)25/h1-6,8,12,14H,7,9-10H2,(H,20,25)(H,21,26)(H,22,24)(H3,19,23,27)/t12?,14-,18?/m1/s1. The smallest absolute Gasteiger partial charge is 0.313 e. The Hall–Kier alpha value is -3.01. The molecule has 0 saturated carbocycles. The van der Waals surface area contributed by atoms with E-state index in [1.165, 1.54) is 11.8 Å². The third-order valence-electron chi connectivity index (χ3n) is 4.45. The first-order chi connectivity index (χ1) is 13.4. The van der Waals surface area contributed by atoms with Crippen molar-refractivity contribution in [1.29, 1.82) is 0 Å². The van der Waals surface area contributed by atoms with Crippen molar-refractivity contribution in [3.05, 3.63) is 47.4 Å². The molecule has 1 fully saturated rings. The summed E-state index contributed by atoms with van der Waals surface area (Å²) in [6, 6.07) is 6.45. The number of hydrogen-bond acceptors (Lipinski definition) is 5. The Kier molecular flexibility index (Phi) is 5.88. The number of thioether (sulfide) groups is 1. The number of carbonyl (C=O) groups excluding carboxylic acids is 4. The molecule has 2 heterocycles. The zero-order valence-corrected chi connectivity index (χ0v) is 15.8. The van der Waals surface area contributed by atoms with Crippen LogP contribution >= 0.6 is 11.8 Å². The summed E-state index contributed by atoms with van der Waals surface area (Å²) in [5, 5.41) is 12.3. The van der Waals surface area contributed by atoms with Gasteiger partial charge >= 0.3 is 6.03 Å². The Bertz CT molecular complexity index is 805. The zero-order chi connectivity index (χ0) is 20.1. The second-order valence-electron chi connectivity index (χ2n) is 6.57. The van der Waals surface area contributed by atoms with E-state index in [1.54, 1.807) is 35.7 Å². The fourth-order valence-electron chi connectivity index (χ4n) is 3.00. The highest BCUT2D eigenvalue weighted by Crippen LogP contribution is 2.37. The number of β-lactam (4-membered cyclic amide) rings is 1. The molecule has 1 saturated heterocycles. The molecule has 6 N–H and O–H groups in total. The summed E-state index contributed by atoms with van der Waals surface area (Å²) >= 11 is 1.29. The molecule has 0 spiro atoms. The molecule has 3 atom stereocenters. The van der Waals surface area contributed by atoms with Crippen molar-refractivity contribution >= 4 is 35.5 Å².